The van der Waals surface area contributed by atoms with Crippen molar-refractivity contribution in [1.29, 1.82) is 0 Å². The van der Waals surface area contributed by atoms with Crippen LogP contribution in [0.3, 0.4) is 0 Å². The van der Waals surface area contributed by atoms with Gasteiger partial charge in [-0.2, -0.15) is 0 Å². The normalized spacial score (nSPS) is 25.8. The number of hydrogen-bond acceptors (Lipinski definition) is 3. The average Bonchev–Trinajstić information content (AvgIpc) is 2.81. The molecule has 2 N–H and O–H groups in total. The summed E-state index contributed by atoms with van der Waals surface area (Å²) in [7, 11) is 0. The van der Waals surface area contributed by atoms with E-state index in [0.717, 1.165) is 23.5 Å². The number of aliphatic hydroxyl groups is 1. The zero-order valence-electron chi connectivity index (χ0n) is 14.3. The Bertz CT molecular complexity index is 618. The molecule has 1 aliphatic carbocycles. The third-order valence-corrected chi connectivity index (χ3v) is 6.65. The van der Waals surface area contributed by atoms with Gasteiger partial charge in [0, 0.05) is 32.5 Å². The first-order valence-electron chi connectivity index (χ1n) is 8.64. The minimum Gasteiger partial charge on any atom is -0.481 e. The molecule has 2 rings (SSSR count). The lowest BCUT2D eigenvalue weighted by Gasteiger charge is -2.22. The molecule has 0 spiro atoms. The van der Waals surface area contributed by atoms with Gasteiger partial charge in [-0.15, -0.1) is 23.4 Å². The Morgan fingerprint density at radius 2 is 1.88 bits per heavy atom. The largest absolute Gasteiger partial charge is 0.481 e. The molecule has 0 saturated heterocycles. The van der Waals surface area contributed by atoms with Crippen LogP contribution in [0, 0.1) is 11.8 Å². The fourth-order valence-electron chi connectivity index (χ4n) is 3.24. The highest BCUT2D eigenvalue weighted by Gasteiger charge is 2.40. The fourth-order valence-corrected chi connectivity index (χ4v) is 5.64. The second-order valence-electron chi connectivity index (χ2n) is 6.56. The molecule has 1 fully saturated rings. The summed E-state index contributed by atoms with van der Waals surface area (Å²) in [6.07, 6.45) is 6.62. The number of carboxylic acid groups (broad SMARTS) is 1. The van der Waals surface area contributed by atoms with Crippen LogP contribution < -0.4 is 0 Å². The molecule has 0 aliphatic heterocycles. The number of hydrogen-bond donors (Lipinski definition) is 2. The fraction of sp³-hybridized carbons (Fsp3) is 0.526. The Morgan fingerprint density at radius 1 is 1.19 bits per heavy atom. The van der Waals surface area contributed by atoms with E-state index in [4.69, 9.17) is 39.9 Å². The van der Waals surface area contributed by atoms with Crippen LogP contribution in [-0.2, 0) is 4.79 Å². The van der Waals surface area contributed by atoms with Gasteiger partial charge in [0.1, 0.15) is 0 Å². The molecule has 26 heavy (non-hydrogen) atoms. The molecule has 1 saturated carbocycles. The van der Waals surface area contributed by atoms with Gasteiger partial charge in [-0.3, -0.25) is 4.79 Å². The minimum atomic E-state index is -0.767. The molecule has 0 amide bonds. The molecular formula is C19H23Cl3O3S. The SMILES string of the molecule is O=C(O)CCCC=CC[C@@H]1[C@@H](CSc2cc(Cl)cc(Cl)c2)[C@H](O)C[C@H]1Cl. The molecule has 0 radical (unpaired) electrons. The molecule has 144 valence electrons. The average molecular weight is 438 g/mol. The monoisotopic (exact) mass is 436 g/mol. The van der Waals surface area contributed by atoms with Crippen molar-refractivity contribution in [3.63, 3.8) is 0 Å². The van der Waals surface area contributed by atoms with E-state index in [9.17, 15) is 9.90 Å². The topological polar surface area (TPSA) is 57.5 Å². The molecule has 0 heterocycles. The summed E-state index contributed by atoms with van der Waals surface area (Å²) in [6.45, 7) is 0. The van der Waals surface area contributed by atoms with E-state index in [0.29, 0.717) is 22.9 Å². The van der Waals surface area contributed by atoms with Crippen LogP contribution in [-0.4, -0.2) is 33.4 Å². The number of rotatable bonds is 9. The Kier molecular flexibility index (Phi) is 9.11. The first kappa shape index (κ1) is 21.9. The van der Waals surface area contributed by atoms with Crippen LogP contribution in [0.2, 0.25) is 10.0 Å². The lowest BCUT2D eigenvalue weighted by atomic mass is 9.93. The van der Waals surface area contributed by atoms with Crippen molar-refractivity contribution in [3.05, 3.63) is 40.4 Å². The number of thioether (sulfide) groups is 1. The summed E-state index contributed by atoms with van der Waals surface area (Å²) in [4.78, 5) is 11.5. The molecule has 3 nitrogen and oxygen atoms in total. The number of halogens is 3. The smallest absolute Gasteiger partial charge is 0.303 e. The molecule has 1 aromatic rings. The van der Waals surface area contributed by atoms with Crippen molar-refractivity contribution < 1.29 is 15.0 Å². The van der Waals surface area contributed by atoms with Crippen LogP contribution in [0.15, 0.2) is 35.2 Å². The van der Waals surface area contributed by atoms with Gasteiger partial charge in [-0.1, -0.05) is 35.4 Å². The van der Waals surface area contributed by atoms with Crippen molar-refractivity contribution in [2.24, 2.45) is 11.8 Å². The van der Waals surface area contributed by atoms with Crippen molar-refractivity contribution in [3.8, 4) is 0 Å². The van der Waals surface area contributed by atoms with Gasteiger partial charge >= 0.3 is 5.97 Å². The number of benzene rings is 1. The van der Waals surface area contributed by atoms with E-state index in [2.05, 4.69) is 6.08 Å². The molecule has 0 aromatic heterocycles. The Hall–Kier alpha value is -0.390. The number of unbranched alkanes of at least 4 members (excludes halogenated alkanes) is 1. The molecule has 0 bridgehead atoms. The maximum Gasteiger partial charge on any atom is 0.303 e. The van der Waals surface area contributed by atoms with Crippen LogP contribution in [0.5, 0.6) is 0 Å². The first-order chi connectivity index (χ1) is 12.4. The lowest BCUT2D eigenvalue weighted by Crippen LogP contribution is -2.22. The third kappa shape index (κ3) is 6.97. The van der Waals surface area contributed by atoms with Gasteiger partial charge in [0.15, 0.2) is 0 Å². The van der Waals surface area contributed by atoms with E-state index in [-0.39, 0.29) is 23.6 Å². The van der Waals surface area contributed by atoms with Crippen molar-refractivity contribution in [1.82, 2.24) is 0 Å². The summed E-state index contributed by atoms with van der Waals surface area (Å²) in [5.74, 6) is 0.281. The summed E-state index contributed by atoms with van der Waals surface area (Å²) in [5, 5.41) is 20.2. The van der Waals surface area contributed by atoms with Gasteiger partial charge < -0.3 is 10.2 Å². The molecule has 0 unspecified atom stereocenters. The molecular weight excluding hydrogens is 415 g/mol. The molecule has 4 atom stereocenters. The van der Waals surface area contributed by atoms with Gasteiger partial charge in [0.05, 0.1) is 6.10 Å². The molecule has 1 aliphatic rings. The van der Waals surface area contributed by atoms with Crippen LogP contribution >= 0.6 is 46.6 Å². The predicted molar refractivity (Wildman–Crippen MR) is 110 cm³/mol. The summed E-state index contributed by atoms with van der Waals surface area (Å²) >= 11 is 20.2. The Balaban J connectivity index is 1.88. The summed E-state index contributed by atoms with van der Waals surface area (Å²) in [5.41, 5.74) is 0. The van der Waals surface area contributed by atoms with Crippen LogP contribution in [0.1, 0.15) is 32.1 Å². The number of allylic oxidation sites excluding steroid dienone is 2. The highest BCUT2D eigenvalue weighted by Crippen LogP contribution is 2.41. The lowest BCUT2D eigenvalue weighted by molar-refractivity contribution is -0.137. The Morgan fingerprint density at radius 3 is 2.54 bits per heavy atom. The first-order valence-corrected chi connectivity index (χ1v) is 10.8. The van der Waals surface area contributed by atoms with Crippen molar-refractivity contribution in [2.75, 3.05) is 5.75 Å². The highest BCUT2D eigenvalue weighted by atomic mass is 35.5. The second-order valence-corrected chi connectivity index (χ2v) is 9.08. The van der Waals surface area contributed by atoms with E-state index < -0.39 is 12.1 Å². The van der Waals surface area contributed by atoms with Crippen LogP contribution in [0.4, 0.5) is 0 Å². The van der Waals surface area contributed by atoms with Gasteiger partial charge in [0.25, 0.3) is 0 Å². The van der Waals surface area contributed by atoms with E-state index in [1.807, 2.05) is 18.2 Å². The van der Waals surface area contributed by atoms with Gasteiger partial charge in [-0.05, 0) is 55.7 Å². The van der Waals surface area contributed by atoms with Crippen molar-refractivity contribution >= 4 is 52.5 Å². The zero-order chi connectivity index (χ0) is 19.1. The van der Waals surface area contributed by atoms with Crippen LogP contribution in [0.25, 0.3) is 0 Å². The molecule has 7 heteroatoms. The maximum absolute atomic E-state index is 10.5. The van der Waals surface area contributed by atoms with Gasteiger partial charge in [-0.25, -0.2) is 0 Å². The van der Waals surface area contributed by atoms with Crippen molar-refractivity contribution in [2.45, 2.75) is 48.5 Å². The van der Waals surface area contributed by atoms with Gasteiger partial charge in [0.2, 0.25) is 0 Å². The predicted octanol–water partition coefficient (Wildman–Crippen LogP) is 5.89. The highest BCUT2D eigenvalue weighted by molar-refractivity contribution is 7.99. The second kappa shape index (κ2) is 10.8. The maximum atomic E-state index is 10.5. The number of carbonyl (C=O) groups is 1. The third-order valence-electron chi connectivity index (χ3n) is 4.59. The summed E-state index contributed by atoms with van der Waals surface area (Å²) < 4.78 is 0. The van der Waals surface area contributed by atoms with E-state index in [1.54, 1.807) is 17.8 Å². The number of carboxylic acids is 1. The quantitative estimate of drug-likeness (QED) is 0.219. The number of alkyl halides is 1. The van der Waals surface area contributed by atoms with E-state index >= 15 is 0 Å². The zero-order valence-corrected chi connectivity index (χ0v) is 17.4. The Labute approximate surface area is 173 Å². The minimum absolute atomic E-state index is 0.0535. The number of aliphatic carboxylic acids is 1. The summed E-state index contributed by atoms with van der Waals surface area (Å²) in [6, 6.07) is 5.44. The standard InChI is InChI=1S/C19H23Cl3O3S/c20-12-7-13(21)9-14(8-12)26-11-16-15(17(22)10-18(16)23)5-3-1-2-4-6-19(24)25/h1,3,7-9,15-18,23H,2,4-6,10-11H2,(H,24,25)/t15-,16-,17-,18-/m1/s1. The number of aliphatic hydroxyl groups excluding tert-OH is 1. The van der Waals surface area contributed by atoms with E-state index in [1.165, 1.54) is 0 Å². The molecule has 1 aromatic carbocycles.